The van der Waals surface area contributed by atoms with Crippen molar-refractivity contribution in [1.82, 2.24) is 9.80 Å². The molecule has 3 N–H and O–H groups in total. The van der Waals surface area contributed by atoms with Crippen LogP contribution in [0.15, 0.2) is 54.6 Å². The van der Waals surface area contributed by atoms with Gasteiger partial charge in [0.05, 0.1) is 12.2 Å². The predicted molar refractivity (Wildman–Crippen MR) is 135 cm³/mol. The highest BCUT2D eigenvalue weighted by Gasteiger charge is 2.55. The Hall–Kier alpha value is -4.08. The number of nitrogens with one attached hydrogen (secondary N) is 1. The Labute approximate surface area is 215 Å². The molecule has 2 heterocycles. The summed E-state index contributed by atoms with van der Waals surface area (Å²) in [6, 6.07) is 14.4. The molecule has 10 nitrogen and oxygen atoms in total. The lowest BCUT2D eigenvalue weighted by atomic mass is 9.88. The third-order valence-electron chi connectivity index (χ3n) is 6.82. The van der Waals surface area contributed by atoms with Gasteiger partial charge in [0.15, 0.2) is 5.60 Å². The largest absolute Gasteiger partial charge is 0.445 e. The van der Waals surface area contributed by atoms with Crippen molar-refractivity contribution in [3.63, 3.8) is 0 Å². The first-order valence-corrected chi connectivity index (χ1v) is 12.2. The van der Waals surface area contributed by atoms with Crippen molar-refractivity contribution < 1.29 is 28.7 Å². The highest BCUT2D eigenvalue weighted by atomic mass is 16.6. The molecule has 2 aliphatic heterocycles. The molecule has 1 fully saturated rings. The highest BCUT2D eigenvalue weighted by molar-refractivity contribution is 5.93. The fraction of sp³-hybridized carbons (Fsp3) is 0.407. The second-order valence-corrected chi connectivity index (χ2v) is 9.94. The van der Waals surface area contributed by atoms with Gasteiger partial charge in [0.2, 0.25) is 11.8 Å². The normalized spacial score (nSPS) is 21.1. The summed E-state index contributed by atoms with van der Waals surface area (Å²) in [7, 11) is 1.50. The van der Waals surface area contributed by atoms with Gasteiger partial charge in [-0.05, 0) is 24.0 Å². The third kappa shape index (κ3) is 5.37. The zero-order valence-corrected chi connectivity index (χ0v) is 21.2. The number of amides is 4. The quantitative estimate of drug-likeness (QED) is 0.590. The monoisotopic (exact) mass is 508 g/mol. The fourth-order valence-corrected chi connectivity index (χ4v) is 5.00. The van der Waals surface area contributed by atoms with Crippen LogP contribution in [0.1, 0.15) is 37.8 Å². The first-order chi connectivity index (χ1) is 17.6. The van der Waals surface area contributed by atoms with Gasteiger partial charge in [0.1, 0.15) is 18.7 Å². The van der Waals surface area contributed by atoms with E-state index in [2.05, 4.69) is 5.32 Å². The minimum Gasteiger partial charge on any atom is -0.445 e. The van der Waals surface area contributed by atoms with E-state index in [-0.39, 0.29) is 25.5 Å². The number of carbonyl (C=O) groups is 4. The van der Waals surface area contributed by atoms with E-state index in [0.717, 1.165) is 5.56 Å². The van der Waals surface area contributed by atoms with Gasteiger partial charge in [-0.3, -0.25) is 19.8 Å². The number of likely N-dealkylation sites (tertiary alicyclic amines) is 1. The Morgan fingerprint density at radius 3 is 2.51 bits per heavy atom. The highest BCUT2D eigenvalue weighted by Crippen LogP contribution is 2.45. The number of nitrogens with zero attached hydrogens (tertiary/aromatic N) is 2. The summed E-state index contributed by atoms with van der Waals surface area (Å²) in [5.74, 6) is -1.12. The minimum atomic E-state index is -1.23. The maximum absolute atomic E-state index is 13.9. The number of rotatable bonds is 7. The molecule has 2 aromatic rings. The molecule has 10 heteroatoms. The van der Waals surface area contributed by atoms with Gasteiger partial charge in [-0.1, -0.05) is 62.4 Å². The van der Waals surface area contributed by atoms with Gasteiger partial charge in [0, 0.05) is 19.0 Å². The Morgan fingerprint density at radius 2 is 1.84 bits per heavy atom. The number of anilines is 1. The van der Waals surface area contributed by atoms with E-state index in [1.54, 1.807) is 24.3 Å². The molecule has 0 bridgehead atoms. The van der Waals surface area contributed by atoms with E-state index in [4.69, 9.17) is 15.2 Å². The number of primary amides is 1. The fourth-order valence-electron chi connectivity index (χ4n) is 5.00. The molecule has 37 heavy (non-hydrogen) atoms. The van der Waals surface area contributed by atoms with Crippen molar-refractivity contribution >= 4 is 29.7 Å². The van der Waals surface area contributed by atoms with Crippen LogP contribution in [0.3, 0.4) is 0 Å². The summed E-state index contributed by atoms with van der Waals surface area (Å²) in [6.45, 7) is 3.87. The van der Waals surface area contributed by atoms with Crippen molar-refractivity contribution in [2.45, 2.75) is 51.0 Å². The molecule has 1 spiro atoms. The summed E-state index contributed by atoms with van der Waals surface area (Å²) in [4.78, 5) is 54.4. The molecule has 2 aromatic carbocycles. The van der Waals surface area contributed by atoms with E-state index in [9.17, 15) is 19.2 Å². The molecule has 0 aliphatic carbocycles. The van der Waals surface area contributed by atoms with Crippen molar-refractivity contribution in [2.75, 3.05) is 18.9 Å². The van der Waals surface area contributed by atoms with Crippen LogP contribution in [-0.4, -0.2) is 59.5 Å². The molecule has 1 saturated heterocycles. The number of benzene rings is 2. The summed E-state index contributed by atoms with van der Waals surface area (Å²) < 4.78 is 11.2. The van der Waals surface area contributed by atoms with Crippen LogP contribution in [0.5, 0.6) is 0 Å². The summed E-state index contributed by atoms with van der Waals surface area (Å²) in [6.07, 6.45) is -0.972. The summed E-state index contributed by atoms with van der Waals surface area (Å²) >= 11 is 0. The van der Waals surface area contributed by atoms with E-state index in [1.807, 2.05) is 44.2 Å². The zero-order valence-electron chi connectivity index (χ0n) is 21.2. The number of hydrogen-bond acceptors (Lipinski definition) is 6. The van der Waals surface area contributed by atoms with Crippen molar-refractivity contribution in [2.24, 2.45) is 11.7 Å². The standard InChI is InChI=1S/C27H32N4O6/c1-17(2)13-21(30(3)26(35)36-15-18-9-5-4-6-10-18)24(33)31-16-27(14-22(31)23(28)32)19-11-7-8-12-20(19)29-25(34)37-27/h4-12,17,21-22H,13-16H2,1-3H3,(H2,28,32)(H,29,34)/t21-,22-,27-/m0/s1. The molecule has 3 atom stereocenters. The molecule has 0 radical (unpaired) electrons. The number of likely N-dealkylation sites (N-methyl/N-ethyl adjacent to an activating group) is 1. The minimum absolute atomic E-state index is 0.0229. The van der Waals surface area contributed by atoms with E-state index in [1.165, 1.54) is 16.8 Å². The molecule has 2 aliphatic rings. The Bertz CT molecular complexity index is 1190. The van der Waals surface area contributed by atoms with Crippen LogP contribution in [0.2, 0.25) is 0 Å². The SMILES string of the molecule is CC(C)C[C@@H](C(=O)N1C[C@]2(C[C@H]1C(N)=O)OC(=O)Nc1ccccc12)N(C)C(=O)OCc1ccccc1. The topological polar surface area (TPSA) is 131 Å². The van der Waals surface area contributed by atoms with Gasteiger partial charge in [-0.15, -0.1) is 0 Å². The van der Waals surface area contributed by atoms with Crippen molar-refractivity contribution in [3.8, 4) is 0 Å². The average molecular weight is 509 g/mol. The Morgan fingerprint density at radius 1 is 1.16 bits per heavy atom. The van der Waals surface area contributed by atoms with Gasteiger partial charge in [0.25, 0.3) is 0 Å². The first kappa shape index (κ1) is 26.0. The number of carbonyl (C=O) groups excluding carboxylic acids is 4. The number of nitrogens with two attached hydrogens (primary N) is 1. The Kier molecular flexibility index (Phi) is 7.37. The zero-order chi connectivity index (χ0) is 26.7. The molecular formula is C27H32N4O6. The van der Waals surface area contributed by atoms with Crippen LogP contribution in [0, 0.1) is 5.92 Å². The molecular weight excluding hydrogens is 476 g/mol. The van der Waals surface area contributed by atoms with Gasteiger partial charge in [-0.2, -0.15) is 0 Å². The van der Waals surface area contributed by atoms with E-state index >= 15 is 0 Å². The average Bonchev–Trinajstić information content (AvgIpc) is 3.25. The second kappa shape index (κ2) is 10.5. The number of hydrogen-bond donors (Lipinski definition) is 2. The molecule has 0 unspecified atom stereocenters. The molecule has 4 amide bonds. The lowest BCUT2D eigenvalue weighted by Crippen LogP contribution is -2.54. The first-order valence-electron chi connectivity index (χ1n) is 12.2. The van der Waals surface area contributed by atoms with Gasteiger partial charge in [-0.25, -0.2) is 9.59 Å². The maximum atomic E-state index is 13.9. The summed E-state index contributed by atoms with van der Waals surface area (Å²) in [5.41, 5.74) is 6.52. The van der Waals surface area contributed by atoms with Crippen LogP contribution in [-0.2, 0) is 31.3 Å². The number of para-hydroxylation sites is 1. The van der Waals surface area contributed by atoms with E-state index < -0.39 is 41.7 Å². The van der Waals surface area contributed by atoms with Crippen molar-refractivity contribution in [1.29, 1.82) is 0 Å². The lowest BCUT2D eigenvalue weighted by Gasteiger charge is -2.36. The number of fused-ring (bicyclic) bond motifs is 2. The van der Waals surface area contributed by atoms with Crippen LogP contribution in [0.25, 0.3) is 0 Å². The molecule has 196 valence electrons. The second-order valence-electron chi connectivity index (χ2n) is 9.94. The molecule has 4 rings (SSSR count). The molecule has 0 aromatic heterocycles. The van der Waals surface area contributed by atoms with Crippen molar-refractivity contribution in [3.05, 3.63) is 65.7 Å². The maximum Gasteiger partial charge on any atom is 0.412 e. The van der Waals surface area contributed by atoms with E-state index in [0.29, 0.717) is 17.7 Å². The molecule has 0 saturated carbocycles. The summed E-state index contributed by atoms with van der Waals surface area (Å²) in [5, 5.41) is 2.66. The third-order valence-corrected chi connectivity index (χ3v) is 6.82. The van der Waals surface area contributed by atoms with Crippen LogP contribution < -0.4 is 11.1 Å². The smallest absolute Gasteiger partial charge is 0.412 e. The van der Waals surface area contributed by atoms with Crippen LogP contribution in [0.4, 0.5) is 15.3 Å². The van der Waals surface area contributed by atoms with Crippen LogP contribution >= 0.6 is 0 Å². The number of ether oxygens (including phenoxy) is 2. The lowest BCUT2D eigenvalue weighted by molar-refractivity contribution is -0.142. The Balaban J connectivity index is 1.59. The predicted octanol–water partition coefficient (Wildman–Crippen LogP) is 3.21. The van der Waals surface area contributed by atoms with Gasteiger partial charge >= 0.3 is 12.2 Å². The van der Waals surface area contributed by atoms with Gasteiger partial charge < -0.3 is 20.1 Å².